The van der Waals surface area contributed by atoms with Crippen molar-refractivity contribution >= 4 is 11.6 Å². The van der Waals surface area contributed by atoms with E-state index >= 15 is 0 Å². The van der Waals surface area contributed by atoms with Crippen LogP contribution in [0.2, 0.25) is 0 Å². The minimum Gasteiger partial charge on any atom is -0.371 e. The molecule has 2 heterocycles. The van der Waals surface area contributed by atoms with Gasteiger partial charge in [-0.1, -0.05) is 25.1 Å². The van der Waals surface area contributed by atoms with Crippen LogP contribution in [-0.2, 0) is 6.54 Å². The predicted octanol–water partition coefficient (Wildman–Crippen LogP) is 3.17. The lowest BCUT2D eigenvalue weighted by Gasteiger charge is -2.21. The van der Waals surface area contributed by atoms with Gasteiger partial charge in [0.1, 0.15) is 0 Å². The number of aromatic nitrogens is 2. The average Bonchev–Trinajstić information content (AvgIpc) is 3.20. The Bertz CT molecular complexity index is 737. The Morgan fingerprint density at radius 1 is 1.32 bits per heavy atom. The van der Waals surface area contributed by atoms with E-state index in [0.29, 0.717) is 11.5 Å². The van der Waals surface area contributed by atoms with Crippen molar-refractivity contribution in [3.63, 3.8) is 0 Å². The molecule has 1 aliphatic heterocycles. The van der Waals surface area contributed by atoms with Crippen molar-refractivity contribution in [2.75, 3.05) is 24.5 Å². The van der Waals surface area contributed by atoms with Gasteiger partial charge in [0, 0.05) is 38.1 Å². The highest BCUT2D eigenvalue weighted by Crippen LogP contribution is 2.26. The Morgan fingerprint density at radius 2 is 2.12 bits per heavy atom. The van der Waals surface area contributed by atoms with Crippen LogP contribution in [0.1, 0.15) is 41.4 Å². The smallest absolute Gasteiger partial charge is 0.254 e. The molecular weight excluding hydrogens is 312 g/mol. The minimum absolute atomic E-state index is 0.00538. The summed E-state index contributed by atoms with van der Waals surface area (Å²) in [4.78, 5) is 14.9. The maximum atomic E-state index is 12.5. The number of benzene rings is 1. The van der Waals surface area contributed by atoms with E-state index < -0.39 is 0 Å². The van der Waals surface area contributed by atoms with Gasteiger partial charge in [0.05, 0.1) is 11.3 Å². The molecule has 1 aliphatic rings. The first-order chi connectivity index (χ1) is 12.1. The zero-order valence-corrected chi connectivity index (χ0v) is 15.5. The standard InChI is InChI=1S/C20H28N4O/c1-4-10-24-14-18(16(3)22-24)20(25)21-12-17-9-11-23(13-17)19-8-6-5-7-15(19)2/h5-8,14,17H,4,9-13H2,1-3H3,(H,21,25)/t17-/m1/s1. The van der Waals surface area contributed by atoms with Crippen molar-refractivity contribution < 1.29 is 4.79 Å². The summed E-state index contributed by atoms with van der Waals surface area (Å²) >= 11 is 0. The Labute approximate surface area is 150 Å². The number of para-hydroxylation sites is 1. The molecule has 1 N–H and O–H groups in total. The van der Waals surface area contributed by atoms with Gasteiger partial charge in [-0.25, -0.2) is 0 Å². The molecule has 5 heteroatoms. The first-order valence-electron chi connectivity index (χ1n) is 9.21. The van der Waals surface area contributed by atoms with E-state index in [2.05, 4.69) is 53.4 Å². The number of carbonyl (C=O) groups is 1. The van der Waals surface area contributed by atoms with Crippen LogP contribution in [-0.4, -0.2) is 35.3 Å². The van der Waals surface area contributed by atoms with Crippen molar-refractivity contribution in [1.82, 2.24) is 15.1 Å². The van der Waals surface area contributed by atoms with Gasteiger partial charge in [-0.3, -0.25) is 9.48 Å². The second-order valence-corrected chi connectivity index (χ2v) is 6.99. The van der Waals surface area contributed by atoms with Crippen molar-refractivity contribution in [3.8, 4) is 0 Å². The lowest BCUT2D eigenvalue weighted by atomic mass is 10.1. The van der Waals surface area contributed by atoms with Gasteiger partial charge >= 0.3 is 0 Å². The van der Waals surface area contributed by atoms with Crippen molar-refractivity contribution in [1.29, 1.82) is 0 Å². The highest BCUT2D eigenvalue weighted by molar-refractivity contribution is 5.95. The zero-order chi connectivity index (χ0) is 17.8. The second-order valence-electron chi connectivity index (χ2n) is 6.99. The molecule has 25 heavy (non-hydrogen) atoms. The number of hydrogen-bond acceptors (Lipinski definition) is 3. The first-order valence-corrected chi connectivity index (χ1v) is 9.21. The molecular formula is C20H28N4O. The van der Waals surface area contributed by atoms with Crippen LogP contribution >= 0.6 is 0 Å². The topological polar surface area (TPSA) is 50.2 Å². The van der Waals surface area contributed by atoms with Crippen LogP contribution in [0.15, 0.2) is 30.5 Å². The molecule has 2 aromatic rings. The molecule has 0 radical (unpaired) electrons. The fourth-order valence-corrected chi connectivity index (χ4v) is 3.55. The van der Waals surface area contributed by atoms with Gasteiger partial charge in [-0.2, -0.15) is 5.10 Å². The fourth-order valence-electron chi connectivity index (χ4n) is 3.55. The molecule has 1 fully saturated rings. The van der Waals surface area contributed by atoms with Gasteiger partial charge in [0.25, 0.3) is 5.91 Å². The second kappa shape index (κ2) is 7.72. The molecule has 5 nitrogen and oxygen atoms in total. The average molecular weight is 340 g/mol. The van der Waals surface area contributed by atoms with Gasteiger partial charge in [-0.15, -0.1) is 0 Å². The summed E-state index contributed by atoms with van der Waals surface area (Å²) in [5.41, 5.74) is 4.13. The van der Waals surface area contributed by atoms with Gasteiger partial charge in [0.2, 0.25) is 0 Å². The Hall–Kier alpha value is -2.30. The number of rotatable bonds is 6. The number of nitrogens with zero attached hydrogens (tertiary/aromatic N) is 3. The van der Waals surface area contributed by atoms with E-state index in [1.165, 1.54) is 11.3 Å². The quantitative estimate of drug-likeness (QED) is 0.879. The van der Waals surface area contributed by atoms with Crippen molar-refractivity contribution in [2.45, 2.75) is 40.2 Å². The first kappa shape index (κ1) is 17.5. The summed E-state index contributed by atoms with van der Waals surface area (Å²) < 4.78 is 1.86. The van der Waals surface area contributed by atoms with E-state index in [-0.39, 0.29) is 5.91 Å². The monoisotopic (exact) mass is 340 g/mol. The molecule has 0 spiro atoms. The Balaban J connectivity index is 1.54. The highest BCUT2D eigenvalue weighted by atomic mass is 16.1. The number of aryl methyl sites for hydroxylation is 3. The van der Waals surface area contributed by atoms with Crippen molar-refractivity contribution in [3.05, 3.63) is 47.3 Å². The molecule has 1 aromatic carbocycles. The van der Waals surface area contributed by atoms with E-state index in [9.17, 15) is 4.79 Å². The molecule has 0 saturated carbocycles. The summed E-state index contributed by atoms with van der Waals surface area (Å²) in [6.07, 6.45) is 3.99. The summed E-state index contributed by atoms with van der Waals surface area (Å²) in [6, 6.07) is 8.50. The lowest BCUT2D eigenvalue weighted by Crippen LogP contribution is -2.31. The van der Waals surface area contributed by atoms with Crippen LogP contribution in [0.3, 0.4) is 0 Å². The van der Waals surface area contributed by atoms with E-state index in [0.717, 1.165) is 44.7 Å². The van der Waals surface area contributed by atoms with Gasteiger partial charge in [0.15, 0.2) is 0 Å². The largest absolute Gasteiger partial charge is 0.371 e. The van der Waals surface area contributed by atoms with Crippen LogP contribution in [0.4, 0.5) is 5.69 Å². The fraction of sp³-hybridized carbons (Fsp3) is 0.500. The molecule has 0 aliphatic carbocycles. The molecule has 134 valence electrons. The van der Waals surface area contributed by atoms with E-state index in [1.807, 2.05) is 17.8 Å². The Kier molecular flexibility index (Phi) is 5.41. The number of carbonyl (C=O) groups excluding carboxylic acids is 1. The lowest BCUT2D eigenvalue weighted by molar-refractivity contribution is 0.0947. The molecule has 1 atom stereocenters. The zero-order valence-electron chi connectivity index (χ0n) is 15.5. The van der Waals surface area contributed by atoms with Crippen LogP contribution < -0.4 is 10.2 Å². The van der Waals surface area contributed by atoms with Crippen LogP contribution in [0.5, 0.6) is 0 Å². The van der Waals surface area contributed by atoms with E-state index in [4.69, 9.17) is 0 Å². The van der Waals surface area contributed by atoms with Crippen LogP contribution in [0.25, 0.3) is 0 Å². The summed E-state index contributed by atoms with van der Waals surface area (Å²) in [5, 5.41) is 7.52. The van der Waals surface area contributed by atoms with Crippen molar-refractivity contribution in [2.24, 2.45) is 5.92 Å². The number of hydrogen-bond donors (Lipinski definition) is 1. The van der Waals surface area contributed by atoms with Crippen LogP contribution in [0, 0.1) is 19.8 Å². The molecule has 1 amide bonds. The minimum atomic E-state index is -0.00538. The highest BCUT2D eigenvalue weighted by Gasteiger charge is 2.24. The molecule has 1 aromatic heterocycles. The summed E-state index contributed by atoms with van der Waals surface area (Å²) in [5.74, 6) is 0.490. The predicted molar refractivity (Wildman–Crippen MR) is 101 cm³/mol. The molecule has 0 bridgehead atoms. The third-order valence-corrected chi connectivity index (χ3v) is 4.94. The van der Waals surface area contributed by atoms with Gasteiger partial charge in [-0.05, 0) is 44.2 Å². The maximum Gasteiger partial charge on any atom is 0.254 e. The third kappa shape index (κ3) is 4.03. The van der Waals surface area contributed by atoms with Gasteiger partial charge < -0.3 is 10.2 Å². The van der Waals surface area contributed by atoms with E-state index in [1.54, 1.807) is 0 Å². The maximum absolute atomic E-state index is 12.5. The summed E-state index contributed by atoms with van der Waals surface area (Å²) in [6.45, 7) is 9.79. The Morgan fingerprint density at radius 3 is 2.88 bits per heavy atom. The summed E-state index contributed by atoms with van der Waals surface area (Å²) in [7, 11) is 0. The number of amides is 1. The number of nitrogens with one attached hydrogen (secondary N) is 1. The normalized spacial score (nSPS) is 17.1. The molecule has 0 unspecified atom stereocenters. The SMILES string of the molecule is CCCn1cc(C(=O)NC[C@H]2CCN(c3ccccc3C)C2)c(C)n1. The third-order valence-electron chi connectivity index (χ3n) is 4.94. The molecule has 1 saturated heterocycles. The molecule has 3 rings (SSSR count). The number of anilines is 1.